The summed E-state index contributed by atoms with van der Waals surface area (Å²) < 4.78 is 2.22. The van der Waals surface area contributed by atoms with Crippen molar-refractivity contribution in [3.05, 3.63) is 47.2 Å². The number of aromatic amines is 1. The van der Waals surface area contributed by atoms with Crippen LogP contribution in [0.1, 0.15) is 22.9 Å². The molecule has 3 heterocycles. The quantitative estimate of drug-likeness (QED) is 0.781. The molecule has 1 aliphatic rings. The van der Waals surface area contributed by atoms with Crippen molar-refractivity contribution in [2.24, 2.45) is 7.05 Å². The second kappa shape index (κ2) is 5.73. The van der Waals surface area contributed by atoms with Crippen molar-refractivity contribution in [2.75, 3.05) is 12.3 Å². The summed E-state index contributed by atoms with van der Waals surface area (Å²) in [6.07, 6.45) is 0. The minimum absolute atomic E-state index is 0.903. The Bertz CT molecular complexity index is 861. The van der Waals surface area contributed by atoms with Crippen LogP contribution in [0.3, 0.4) is 0 Å². The number of nitrogens with zero attached hydrogens (tertiary/aromatic N) is 3. The lowest BCUT2D eigenvalue weighted by atomic mass is 10.2. The Morgan fingerprint density at radius 1 is 1.26 bits per heavy atom. The van der Waals surface area contributed by atoms with Gasteiger partial charge in [0.1, 0.15) is 5.82 Å². The highest BCUT2D eigenvalue weighted by Crippen LogP contribution is 2.34. The van der Waals surface area contributed by atoms with Crippen LogP contribution in [-0.2, 0) is 20.1 Å². The fraction of sp³-hybridized carbons (Fsp3) is 0.389. The van der Waals surface area contributed by atoms with Crippen molar-refractivity contribution in [1.82, 2.24) is 19.4 Å². The Balaban J connectivity index is 1.63. The average Bonchev–Trinajstić information content (AvgIpc) is 2.91. The molecular formula is C18H22N4S. The summed E-state index contributed by atoms with van der Waals surface area (Å²) in [5.74, 6) is 2.28. The molecule has 4 rings (SSSR count). The Morgan fingerprint density at radius 3 is 2.87 bits per heavy atom. The van der Waals surface area contributed by atoms with Crippen LogP contribution >= 0.6 is 11.8 Å². The van der Waals surface area contributed by atoms with Gasteiger partial charge in [0, 0.05) is 53.1 Å². The highest BCUT2D eigenvalue weighted by atomic mass is 32.2. The first kappa shape index (κ1) is 14.8. The van der Waals surface area contributed by atoms with Crippen LogP contribution in [0.5, 0.6) is 0 Å². The summed E-state index contributed by atoms with van der Waals surface area (Å²) in [7, 11) is 2.12. The topological polar surface area (TPSA) is 36.9 Å². The summed E-state index contributed by atoms with van der Waals surface area (Å²) in [6, 6.07) is 8.61. The van der Waals surface area contributed by atoms with E-state index < -0.39 is 0 Å². The van der Waals surface area contributed by atoms with Crippen molar-refractivity contribution in [3.8, 4) is 0 Å². The van der Waals surface area contributed by atoms with E-state index in [0.29, 0.717) is 0 Å². The lowest BCUT2D eigenvalue weighted by molar-refractivity contribution is 0.262. The zero-order valence-electron chi connectivity index (χ0n) is 13.9. The van der Waals surface area contributed by atoms with Crippen molar-refractivity contribution < 1.29 is 0 Å². The first-order valence-corrected chi connectivity index (χ1v) is 9.05. The molecule has 0 unspecified atom stereocenters. The molecule has 0 saturated heterocycles. The minimum atomic E-state index is 0.903. The predicted molar refractivity (Wildman–Crippen MR) is 95.8 cm³/mol. The van der Waals surface area contributed by atoms with Gasteiger partial charge < -0.3 is 9.55 Å². The normalized spacial score (nSPS) is 15.8. The van der Waals surface area contributed by atoms with E-state index >= 15 is 0 Å². The number of imidazole rings is 1. The SMILES string of the molecule is Cc1nc(CN2CCSc3c([nH]c4ccccc34)C2)n(C)c1C. The van der Waals surface area contributed by atoms with E-state index in [-0.39, 0.29) is 0 Å². The number of hydrogen-bond donors (Lipinski definition) is 1. The first-order chi connectivity index (χ1) is 11.1. The predicted octanol–water partition coefficient (Wildman–Crippen LogP) is 3.63. The van der Waals surface area contributed by atoms with Gasteiger partial charge in [0.15, 0.2) is 0 Å². The molecule has 0 fully saturated rings. The van der Waals surface area contributed by atoms with Crippen LogP contribution < -0.4 is 0 Å². The molecule has 1 aliphatic heterocycles. The number of thioether (sulfide) groups is 1. The molecule has 0 bridgehead atoms. The van der Waals surface area contributed by atoms with Crippen LogP contribution in [0.2, 0.25) is 0 Å². The van der Waals surface area contributed by atoms with Gasteiger partial charge in [-0.3, -0.25) is 4.90 Å². The summed E-state index contributed by atoms with van der Waals surface area (Å²) in [5, 5.41) is 1.36. The zero-order chi connectivity index (χ0) is 16.0. The maximum Gasteiger partial charge on any atom is 0.123 e. The van der Waals surface area contributed by atoms with Gasteiger partial charge in [-0.05, 0) is 19.9 Å². The van der Waals surface area contributed by atoms with E-state index in [1.807, 2.05) is 11.8 Å². The first-order valence-electron chi connectivity index (χ1n) is 8.07. The molecule has 0 atom stereocenters. The summed E-state index contributed by atoms with van der Waals surface area (Å²) in [5.41, 5.74) is 4.99. The zero-order valence-corrected chi connectivity index (χ0v) is 14.7. The van der Waals surface area contributed by atoms with Crippen molar-refractivity contribution >= 4 is 22.7 Å². The smallest absolute Gasteiger partial charge is 0.123 e. The number of hydrogen-bond acceptors (Lipinski definition) is 3. The molecular weight excluding hydrogens is 304 g/mol. The van der Waals surface area contributed by atoms with Gasteiger partial charge in [0.25, 0.3) is 0 Å². The second-order valence-corrected chi connectivity index (χ2v) is 7.40. The summed E-state index contributed by atoms with van der Waals surface area (Å²) >= 11 is 1.97. The number of benzene rings is 1. The van der Waals surface area contributed by atoms with E-state index in [4.69, 9.17) is 4.98 Å². The second-order valence-electron chi connectivity index (χ2n) is 6.30. The fourth-order valence-corrected chi connectivity index (χ4v) is 4.47. The molecule has 5 heteroatoms. The lowest BCUT2D eigenvalue weighted by Gasteiger charge is -2.19. The Labute approximate surface area is 140 Å². The highest BCUT2D eigenvalue weighted by Gasteiger charge is 2.20. The molecule has 1 N–H and O–H groups in total. The number of aryl methyl sites for hydroxylation is 1. The van der Waals surface area contributed by atoms with Gasteiger partial charge in [-0.15, -0.1) is 11.8 Å². The van der Waals surface area contributed by atoms with Crippen molar-refractivity contribution in [2.45, 2.75) is 31.8 Å². The molecule has 2 aromatic heterocycles. The van der Waals surface area contributed by atoms with E-state index in [1.165, 1.54) is 27.2 Å². The molecule has 0 saturated carbocycles. The Kier molecular flexibility index (Phi) is 3.70. The Morgan fingerprint density at radius 2 is 2.09 bits per heavy atom. The van der Waals surface area contributed by atoms with Gasteiger partial charge in [0.2, 0.25) is 0 Å². The number of nitrogens with one attached hydrogen (secondary N) is 1. The third kappa shape index (κ3) is 2.58. The molecule has 120 valence electrons. The molecule has 0 spiro atoms. The minimum Gasteiger partial charge on any atom is -0.356 e. The van der Waals surface area contributed by atoms with E-state index in [1.54, 1.807) is 0 Å². The molecule has 0 aliphatic carbocycles. The molecule has 4 nitrogen and oxygen atoms in total. The van der Waals surface area contributed by atoms with Gasteiger partial charge >= 0.3 is 0 Å². The van der Waals surface area contributed by atoms with Gasteiger partial charge in [-0.2, -0.15) is 0 Å². The number of H-pyrrole nitrogens is 1. The largest absolute Gasteiger partial charge is 0.356 e. The molecule has 0 amide bonds. The maximum atomic E-state index is 4.74. The van der Waals surface area contributed by atoms with Crippen LogP contribution in [0.4, 0.5) is 0 Å². The van der Waals surface area contributed by atoms with E-state index in [9.17, 15) is 0 Å². The van der Waals surface area contributed by atoms with Crippen LogP contribution in [0.15, 0.2) is 29.2 Å². The highest BCUT2D eigenvalue weighted by molar-refractivity contribution is 7.99. The van der Waals surface area contributed by atoms with Crippen LogP contribution in [0, 0.1) is 13.8 Å². The van der Waals surface area contributed by atoms with E-state index in [2.05, 4.69) is 59.6 Å². The lowest BCUT2D eigenvalue weighted by Crippen LogP contribution is -2.26. The van der Waals surface area contributed by atoms with Gasteiger partial charge in [-0.1, -0.05) is 18.2 Å². The molecule has 0 radical (unpaired) electrons. The van der Waals surface area contributed by atoms with Crippen molar-refractivity contribution in [1.29, 1.82) is 0 Å². The van der Waals surface area contributed by atoms with E-state index in [0.717, 1.165) is 36.9 Å². The number of aromatic nitrogens is 3. The number of rotatable bonds is 2. The monoisotopic (exact) mass is 326 g/mol. The van der Waals surface area contributed by atoms with Gasteiger partial charge in [-0.25, -0.2) is 4.98 Å². The van der Waals surface area contributed by atoms with Crippen molar-refractivity contribution in [3.63, 3.8) is 0 Å². The maximum absolute atomic E-state index is 4.74. The van der Waals surface area contributed by atoms with Crippen LogP contribution in [0.25, 0.3) is 10.9 Å². The van der Waals surface area contributed by atoms with Crippen LogP contribution in [-0.4, -0.2) is 31.7 Å². The fourth-order valence-electron chi connectivity index (χ4n) is 3.29. The summed E-state index contributed by atoms with van der Waals surface area (Å²) in [4.78, 5) is 12.3. The molecule has 3 aromatic rings. The molecule has 23 heavy (non-hydrogen) atoms. The third-order valence-electron chi connectivity index (χ3n) is 4.84. The van der Waals surface area contributed by atoms with Gasteiger partial charge in [0.05, 0.1) is 12.2 Å². The average molecular weight is 326 g/mol. The number of para-hydroxylation sites is 1. The Hall–Kier alpha value is -1.72. The third-order valence-corrected chi connectivity index (χ3v) is 5.98. The standard InChI is InChI=1S/C18H22N4S/c1-12-13(2)21(3)17(19-12)11-22-8-9-23-18-14-6-4-5-7-15(14)20-16(18)10-22/h4-7,20H,8-11H2,1-3H3. The summed E-state index contributed by atoms with van der Waals surface area (Å²) in [6.45, 7) is 7.18. The number of fused-ring (bicyclic) bond motifs is 3. The molecule has 1 aromatic carbocycles.